The van der Waals surface area contributed by atoms with E-state index in [4.69, 9.17) is 19.3 Å². The highest BCUT2D eigenvalue weighted by atomic mass is 19.4. The van der Waals surface area contributed by atoms with Crippen LogP contribution in [-0.4, -0.2) is 48.2 Å². The van der Waals surface area contributed by atoms with Crippen molar-refractivity contribution >= 4 is 24.1 Å². The predicted octanol–water partition coefficient (Wildman–Crippen LogP) is 7.98. The molecule has 0 saturated heterocycles. The molecule has 0 aliphatic carbocycles. The van der Waals surface area contributed by atoms with E-state index in [1.807, 2.05) is 6.07 Å². The smallest absolute Gasteiger partial charge is 0.430 e. The lowest BCUT2D eigenvalue weighted by Gasteiger charge is -2.29. The van der Waals surface area contributed by atoms with Crippen LogP contribution in [-0.2, 0) is 14.3 Å². The van der Waals surface area contributed by atoms with E-state index in [1.165, 1.54) is 19.9 Å². The van der Waals surface area contributed by atoms with Crippen molar-refractivity contribution in [3.63, 3.8) is 0 Å². The zero-order valence-electron chi connectivity index (χ0n) is 24.3. The van der Waals surface area contributed by atoms with Crippen LogP contribution < -0.4 is 14.2 Å². The average molecular weight is 655 g/mol. The summed E-state index contributed by atoms with van der Waals surface area (Å²) in [5, 5.41) is 8.80. The van der Waals surface area contributed by atoms with Crippen LogP contribution in [0.5, 0.6) is 23.0 Å². The predicted molar refractivity (Wildman–Crippen MR) is 150 cm³/mol. The first-order chi connectivity index (χ1) is 21.5. The summed E-state index contributed by atoms with van der Waals surface area (Å²) in [5.74, 6) is -2.83. The van der Waals surface area contributed by atoms with Gasteiger partial charge in [0.25, 0.3) is 0 Å². The number of hydrogen-bond donors (Lipinski definition) is 1. The first kappa shape index (κ1) is 33.9. The zero-order chi connectivity index (χ0) is 34.0. The molecule has 3 aromatic rings. The van der Waals surface area contributed by atoms with Gasteiger partial charge in [-0.3, -0.25) is 0 Å². The first-order valence-corrected chi connectivity index (χ1v) is 13.5. The minimum absolute atomic E-state index is 0.0267. The van der Waals surface area contributed by atoms with Gasteiger partial charge in [-0.25, -0.2) is 14.0 Å². The molecule has 7 nitrogen and oxygen atoms in total. The number of rotatable bonds is 5. The van der Waals surface area contributed by atoms with E-state index in [0.717, 1.165) is 18.2 Å². The minimum Gasteiger partial charge on any atom is -0.478 e. The quantitative estimate of drug-likeness (QED) is 0.220. The van der Waals surface area contributed by atoms with E-state index in [9.17, 15) is 40.3 Å². The molecule has 1 N–H and O–H groups in total. The topological polar surface area (TPSA) is 91.3 Å². The number of carbonyl (C=O) groups is 2. The SMILES string of the molecule is CCOC(=O)C1=Cc2ccc(Oc3ccccc3)c(C)c2OC1C(F)(F)F.Cc1c(F)ccc2c1OC(C(F)(F)F)C(C(=O)O)=C2. The van der Waals surface area contributed by atoms with Crippen molar-refractivity contribution in [1.29, 1.82) is 0 Å². The molecule has 46 heavy (non-hydrogen) atoms. The van der Waals surface area contributed by atoms with Crippen molar-refractivity contribution in [3.05, 3.63) is 93.8 Å². The van der Waals surface area contributed by atoms with Crippen LogP contribution in [0.2, 0.25) is 0 Å². The second-order valence-corrected chi connectivity index (χ2v) is 9.92. The van der Waals surface area contributed by atoms with Gasteiger partial charge in [-0.05, 0) is 69.3 Å². The molecule has 2 unspecified atom stereocenters. The number of hydrogen-bond acceptors (Lipinski definition) is 6. The largest absolute Gasteiger partial charge is 0.478 e. The Morgan fingerprint density at radius 2 is 1.30 bits per heavy atom. The van der Waals surface area contributed by atoms with E-state index in [2.05, 4.69) is 4.74 Å². The highest BCUT2D eigenvalue weighted by Crippen LogP contribution is 2.43. The number of aliphatic carboxylic acids is 1. The van der Waals surface area contributed by atoms with E-state index < -0.39 is 53.5 Å². The van der Waals surface area contributed by atoms with Gasteiger partial charge >= 0.3 is 24.3 Å². The number of para-hydroxylation sites is 1. The average Bonchev–Trinajstić information content (AvgIpc) is 2.99. The Kier molecular flexibility index (Phi) is 9.68. The van der Waals surface area contributed by atoms with Gasteiger partial charge < -0.3 is 24.1 Å². The van der Waals surface area contributed by atoms with Crippen molar-refractivity contribution in [2.24, 2.45) is 0 Å². The number of carboxylic acids is 1. The molecule has 5 rings (SSSR count). The number of carboxylic acid groups (broad SMARTS) is 1. The summed E-state index contributed by atoms with van der Waals surface area (Å²) in [6, 6.07) is 14.2. The number of fused-ring (bicyclic) bond motifs is 2. The number of alkyl halides is 6. The maximum atomic E-state index is 13.5. The summed E-state index contributed by atoms with van der Waals surface area (Å²) < 4.78 is 112. The lowest BCUT2D eigenvalue weighted by atomic mass is 9.98. The van der Waals surface area contributed by atoms with Crippen LogP contribution in [0.3, 0.4) is 0 Å². The minimum atomic E-state index is -4.89. The van der Waals surface area contributed by atoms with Crippen LogP contribution in [0.1, 0.15) is 29.2 Å². The van der Waals surface area contributed by atoms with Crippen molar-refractivity contribution in [2.45, 2.75) is 45.3 Å². The molecule has 14 heteroatoms. The van der Waals surface area contributed by atoms with Gasteiger partial charge in [-0.2, -0.15) is 26.3 Å². The number of esters is 1. The molecule has 0 bridgehead atoms. The molecule has 2 atom stereocenters. The molecular formula is C32H25F7O7. The van der Waals surface area contributed by atoms with Gasteiger partial charge in [0.15, 0.2) is 0 Å². The maximum absolute atomic E-state index is 13.5. The van der Waals surface area contributed by atoms with Crippen molar-refractivity contribution in [3.8, 4) is 23.0 Å². The molecule has 0 aromatic heterocycles. The fourth-order valence-corrected chi connectivity index (χ4v) is 4.54. The summed E-state index contributed by atoms with van der Waals surface area (Å²) in [4.78, 5) is 22.8. The number of benzene rings is 3. The highest BCUT2D eigenvalue weighted by Gasteiger charge is 2.50. The van der Waals surface area contributed by atoms with Gasteiger partial charge in [0.05, 0.1) is 17.8 Å². The third kappa shape index (κ3) is 7.27. The molecule has 2 aliphatic rings. The third-order valence-electron chi connectivity index (χ3n) is 6.74. The van der Waals surface area contributed by atoms with Crippen molar-refractivity contribution < 1.29 is 64.4 Å². The fraction of sp³-hybridized carbons (Fsp3) is 0.250. The first-order valence-electron chi connectivity index (χ1n) is 13.5. The molecule has 2 heterocycles. The van der Waals surface area contributed by atoms with Gasteiger partial charge in [0.1, 0.15) is 28.8 Å². The van der Waals surface area contributed by atoms with Crippen LogP contribution >= 0.6 is 0 Å². The normalized spacial score (nSPS) is 17.0. The molecule has 0 fully saturated rings. The van der Waals surface area contributed by atoms with E-state index >= 15 is 0 Å². The second kappa shape index (κ2) is 13.2. The molecule has 3 aromatic carbocycles. The Hall–Kier alpha value is -5.01. The molecule has 2 aliphatic heterocycles. The lowest BCUT2D eigenvalue weighted by molar-refractivity contribution is -0.188. The van der Waals surface area contributed by atoms with Gasteiger partial charge in [-0.1, -0.05) is 18.2 Å². The third-order valence-corrected chi connectivity index (χ3v) is 6.74. The lowest BCUT2D eigenvalue weighted by Crippen LogP contribution is -2.41. The van der Waals surface area contributed by atoms with E-state index in [1.54, 1.807) is 43.3 Å². The summed E-state index contributed by atoms with van der Waals surface area (Å²) >= 11 is 0. The standard InChI is InChI=1S/C20H17F3O4.C12H8F4O3/c1-3-25-19(24)15-11-13-9-10-16(26-14-7-5-4-6-8-14)12(2)17(13)27-18(15)20(21,22)23;1-5-8(13)3-2-6-4-7(11(17)18)10(12(14,15)16)19-9(5)6/h4-11,18H,3H2,1-2H3;2-4,10H,1H3,(H,17,18). The summed E-state index contributed by atoms with van der Waals surface area (Å²) in [6.07, 6.45) is -12.6. The van der Waals surface area contributed by atoms with Crippen molar-refractivity contribution in [1.82, 2.24) is 0 Å². The van der Waals surface area contributed by atoms with Crippen LogP contribution in [0.15, 0.2) is 65.7 Å². The number of carbonyl (C=O) groups excluding carboxylic acids is 1. The molecular weight excluding hydrogens is 629 g/mol. The molecule has 0 radical (unpaired) electrons. The summed E-state index contributed by atoms with van der Waals surface area (Å²) in [5.41, 5.74) is -0.718. The molecule has 0 saturated carbocycles. The Morgan fingerprint density at radius 3 is 1.85 bits per heavy atom. The second-order valence-electron chi connectivity index (χ2n) is 9.92. The van der Waals surface area contributed by atoms with Gasteiger partial charge in [-0.15, -0.1) is 0 Å². The highest BCUT2D eigenvalue weighted by molar-refractivity contribution is 5.97. The molecule has 0 amide bonds. The maximum Gasteiger partial charge on any atom is 0.430 e. The zero-order valence-corrected chi connectivity index (χ0v) is 24.3. The molecule has 244 valence electrons. The Bertz CT molecular complexity index is 1690. The monoisotopic (exact) mass is 654 g/mol. The van der Waals surface area contributed by atoms with Gasteiger partial charge in [0.2, 0.25) is 12.2 Å². The number of ether oxygens (including phenoxy) is 4. The summed E-state index contributed by atoms with van der Waals surface area (Å²) in [6.45, 7) is 4.36. The van der Waals surface area contributed by atoms with E-state index in [-0.39, 0.29) is 29.2 Å². The van der Waals surface area contributed by atoms with Crippen molar-refractivity contribution in [2.75, 3.05) is 6.61 Å². The Labute approximate surface area is 257 Å². The Morgan fingerprint density at radius 1 is 0.783 bits per heavy atom. The number of halogens is 7. The fourth-order valence-electron chi connectivity index (χ4n) is 4.54. The van der Waals surface area contributed by atoms with Crippen LogP contribution in [0.4, 0.5) is 30.7 Å². The Balaban J connectivity index is 0.000000222. The van der Waals surface area contributed by atoms with Crippen LogP contribution in [0, 0.1) is 19.7 Å². The van der Waals surface area contributed by atoms with Gasteiger partial charge in [0, 0.05) is 22.3 Å². The van der Waals surface area contributed by atoms with E-state index in [0.29, 0.717) is 22.6 Å². The molecule has 0 spiro atoms. The van der Waals surface area contributed by atoms with Crippen LogP contribution in [0.25, 0.3) is 12.2 Å². The summed E-state index contributed by atoms with van der Waals surface area (Å²) in [7, 11) is 0.